The minimum absolute atomic E-state index is 0.00717. The molecule has 2 aliphatic heterocycles. The van der Waals surface area contributed by atoms with Crippen molar-refractivity contribution in [1.82, 2.24) is 24.4 Å². The third-order valence-corrected chi connectivity index (χ3v) is 6.21. The summed E-state index contributed by atoms with van der Waals surface area (Å²) in [7, 11) is 1.88. The Balaban J connectivity index is 1.52. The zero-order valence-electron chi connectivity index (χ0n) is 17.0. The third kappa shape index (κ3) is 2.73. The lowest BCUT2D eigenvalue weighted by molar-refractivity contribution is 0.246. The van der Waals surface area contributed by atoms with Crippen LogP contribution in [0.5, 0.6) is 11.5 Å². The molecule has 0 amide bonds. The minimum Gasteiger partial charge on any atom is -0.493 e. The number of aryl methyl sites for hydroxylation is 2. The molecule has 158 valence electrons. The maximum absolute atomic E-state index is 14.7. The summed E-state index contributed by atoms with van der Waals surface area (Å²) >= 11 is 0. The normalized spacial score (nSPS) is 17.3. The van der Waals surface area contributed by atoms with Crippen LogP contribution in [0.2, 0.25) is 0 Å². The van der Waals surface area contributed by atoms with Crippen molar-refractivity contribution in [3.8, 4) is 22.8 Å². The quantitative estimate of drug-likeness (QED) is 0.535. The van der Waals surface area contributed by atoms with E-state index in [9.17, 15) is 4.39 Å². The number of nitrogens with zero attached hydrogens (tertiary/aromatic N) is 5. The van der Waals surface area contributed by atoms with E-state index < -0.39 is 0 Å². The average molecular weight is 420 g/mol. The fraction of sp³-hybridized carbons (Fsp3) is 0.318. The first-order valence-electron chi connectivity index (χ1n) is 10.3. The molecule has 0 spiro atoms. The minimum atomic E-state index is -0.196. The molecule has 0 unspecified atom stereocenters. The number of fused-ring (bicyclic) bond motifs is 3. The summed E-state index contributed by atoms with van der Waals surface area (Å²) in [5, 5.41) is 13.0. The molecule has 3 aromatic heterocycles. The Morgan fingerprint density at radius 1 is 1.16 bits per heavy atom. The molecular weight excluding hydrogens is 399 g/mol. The number of hydrogen-bond acceptors (Lipinski definition) is 6. The van der Waals surface area contributed by atoms with E-state index in [1.807, 2.05) is 23.6 Å². The van der Waals surface area contributed by atoms with Crippen LogP contribution in [0.15, 0.2) is 30.6 Å². The molecule has 2 aliphatic rings. The Bertz CT molecular complexity index is 1330. The third-order valence-electron chi connectivity index (χ3n) is 6.21. The molecule has 5 heterocycles. The van der Waals surface area contributed by atoms with E-state index in [-0.39, 0.29) is 11.7 Å². The predicted molar refractivity (Wildman–Crippen MR) is 111 cm³/mol. The number of halogens is 1. The standard InChI is InChI=1S/C22H21FN6O2/c1-28-18(6-13(8-24)27-28)15-7-20-17(29-11-25-26-22(15)29)4-2-14-16(23)3-5-19-21(14)12(9-30-19)10-31-20/h3,5-7,11-12H,2,4,8-10,24H2,1H3/t12-/m1/s1. The Labute approximate surface area is 177 Å². The van der Waals surface area contributed by atoms with Crippen LogP contribution in [0.3, 0.4) is 0 Å². The second-order valence-electron chi connectivity index (χ2n) is 8.00. The fourth-order valence-corrected chi connectivity index (χ4v) is 4.73. The van der Waals surface area contributed by atoms with Crippen molar-refractivity contribution in [3.63, 3.8) is 0 Å². The molecule has 9 heteroatoms. The van der Waals surface area contributed by atoms with Gasteiger partial charge in [-0.2, -0.15) is 5.10 Å². The van der Waals surface area contributed by atoms with E-state index in [1.165, 1.54) is 6.07 Å². The van der Waals surface area contributed by atoms with Crippen LogP contribution in [-0.2, 0) is 26.4 Å². The Kier molecular flexibility index (Phi) is 4.01. The molecule has 0 saturated heterocycles. The lowest BCUT2D eigenvalue weighted by Crippen LogP contribution is -2.13. The second kappa shape index (κ2) is 6.78. The van der Waals surface area contributed by atoms with Gasteiger partial charge >= 0.3 is 0 Å². The van der Waals surface area contributed by atoms with Crippen molar-refractivity contribution in [3.05, 3.63) is 58.9 Å². The van der Waals surface area contributed by atoms with E-state index in [0.29, 0.717) is 43.8 Å². The topological polar surface area (TPSA) is 92.5 Å². The summed E-state index contributed by atoms with van der Waals surface area (Å²) in [6, 6.07) is 7.14. The van der Waals surface area contributed by atoms with Crippen LogP contribution in [0.25, 0.3) is 16.9 Å². The van der Waals surface area contributed by atoms with E-state index in [2.05, 4.69) is 15.3 Å². The van der Waals surface area contributed by atoms with Gasteiger partial charge in [0, 0.05) is 24.7 Å². The maximum Gasteiger partial charge on any atom is 0.170 e. The largest absolute Gasteiger partial charge is 0.493 e. The number of benzene rings is 1. The smallest absolute Gasteiger partial charge is 0.170 e. The lowest BCUT2D eigenvalue weighted by atomic mass is 9.93. The monoisotopic (exact) mass is 420 g/mol. The lowest BCUT2D eigenvalue weighted by Gasteiger charge is -2.16. The molecule has 8 nitrogen and oxygen atoms in total. The number of rotatable bonds is 2. The number of ether oxygens (including phenoxy) is 2. The van der Waals surface area contributed by atoms with E-state index in [0.717, 1.165) is 39.7 Å². The highest BCUT2D eigenvalue weighted by Crippen LogP contribution is 2.41. The Morgan fingerprint density at radius 3 is 2.81 bits per heavy atom. The van der Waals surface area contributed by atoms with Gasteiger partial charge < -0.3 is 15.2 Å². The summed E-state index contributed by atoms with van der Waals surface area (Å²) in [4.78, 5) is 0. The fourth-order valence-electron chi connectivity index (χ4n) is 4.73. The van der Waals surface area contributed by atoms with Crippen LogP contribution < -0.4 is 15.2 Å². The van der Waals surface area contributed by atoms with Crippen LogP contribution in [0, 0.1) is 5.82 Å². The van der Waals surface area contributed by atoms with Crippen molar-refractivity contribution >= 4 is 5.65 Å². The molecule has 6 rings (SSSR count). The first-order valence-corrected chi connectivity index (χ1v) is 10.3. The first kappa shape index (κ1) is 18.3. The number of hydrogen-bond donors (Lipinski definition) is 1. The van der Waals surface area contributed by atoms with Crippen LogP contribution in [0.4, 0.5) is 4.39 Å². The van der Waals surface area contributed by atoms with Gasteiger partial charge in [-0.05, 0) is 42.7 Å². The Hall–Kier alpha value is -3.46. The van der Waals surface area contributed by atoms with E-state index in [1.54, 1.807) is 17.1 Å². The van der Waals surface area contributed by atoms with Crippen molar-refractivity contribution in [2.75, 3.05) is 13.2 Å². The molecule has 4 aromatic rings. The molecule has 0 radical (unpaired) electrons. The molecule has 0 fully saturated rings. The summed E-state index contributed by atoms with van der Waals surface area (Å²) in [5.74, 6) is 1.29. The van der Waals surface area contributed by atoms with Gasteiger partial charge in [0.05, 0.1) is 36.2 Å². The van der Waals surface area contributed by atoms with Crippen molar-refractivity contribution in [1.29, 1.82) is 0 Å². The van der Waals surface area contributed by atoms with Gasteiger partial charge in [-0.1, -0.05) is 0 Å². The second-order valence-corrected chi connectivity index (χ2v) is 8.00. The number of pyridine rings is 1. The maximum atomic E-state index is 14.7. The summed E-state index contributed by atoms with van der Waals surface area (Å²) in [6.45, 7) is 1.25. The van der Waals surface area contributed by atoms with Gasteiger partial charge in [0.2, 0.25) is 0 Å². The summed E-state index contributed by atoms with van der Waals surface area (Å²) in [5.41, 5.74) is 11.6. The average Bonchev–Trinajstić information content (AvgIpc) is 3.50. The van der Waals surface area contributed by atoms with E-state index in [4.69, 9.17) is 15.2 Å². The van der Waals surface area contributed by atoms with Gasteiger partial charge in [-0.15, -0.1) is 10.2 Å². The molecule has 1 atom stereocenters. The molecular formula is C22H21FN6O2. The predicted octanol–water partition coefficient (Wildman–Crippen LogP) is 2.38. The highest BCUT2D eigenvalue weighted by Gasteiger charge is 2.31. The zero-order valence-corrected chi connectivity index (χ0v) is 17.0. The zero-order chi connectivity index (χ0) is 21.1. The van der Waals surface area contributed by atoms with Crippen molar-refractivity contribution < 1.29 is 13.9 Å². The first-order chi connectivity index (χ1) is 15.1. The summed E-state index contributed by atoms with van der Waals surface area (Å²) < 4.78 is 30.6. The van der Waals surface area contributed by atoms with Gasteiger partial charge in [0.1, 0.15) is 23.6 Å². The Morgan fingerprint density at radius 2 is 2.00 bits per heavy atom. The van der Waals surface area contributed by atoms with Gasteiger partial charge in [0.25, 0.3) is 0 Å². The summed E-state index contributed by atoms with van der Waals surface area (Å²) in [6.07, 6.45) is 2.81. The van der Waals surface area contributed by atoms with Crippen LogP contribution >= 0.6 is 0 Å². The molecule has 0 bridgehead atoms. The SMILES string of the molecule is Cn1nc(CN)cc1-c1cc2c(n3cnnc13)CCc1c(F)ccc3c1[C@H](CO3)CO2. The highest BCUT2D eigenvalue weighted by molar-refractivity contribution is 5.77. The highest BCUT2D eigenvalue weighted by atomic mass is 19.1. The number of nitrogens with two attached hydrogens (primary N) is 1. The van der Waals surface area contributed by atoms with Gasteiger partial charge in [-0.3, -0.25) is 9.08 Å². The van der Waals surface area contributed by atoms with E-state index >= 15 is 0 Å². The van der Waals surface area contributed by atoms with Gasteiger partial charge in [0.15, 0.2) is 5.65 Å². The molecule has 31 heavy (non-hydrogen) atoms. The van der Waals surface area contributed by atoms with Crippen molar-refractivity contribution in [2.24, 2.45) is 12.8 Å². The van der Waals surface area contributed by atoms with Gasteiger partial charge in [-0.25, -0.2) is 4.39 Å². The molecule has 0 saturated carbocycles. The number of aromatic nitrogens is 5. The molecule has 0 aliphatic carbocycles. The van der Waals surface area contributed by atoms with Crippen molar-refractivity contribution in [2.45, 2.75) is 25.3 Å². The van der Waals surface area contributed by atoms with Crippen LogP contribution in [-0.4, -0.2) is 37.6 Å². The molecule has 2 N–H and O–H groups in total. The molecule has 1 aromatic carbocycles. The van der Waals surface area contributed by atoms with Crippen LogP contribution in [0.1, 0.15) is 28.4 Å².